The average molecular weight is 256 g/mol. The first-order chi connectivity index (χ1) is 8.81. The number of nitrogens with zero attached hydrogens (tertiary/aromatic N) is 1. The number of rotatable bonds is 3. The second-order valence-electron chi connectivity index (χ2n) is 3.93. The number of hydrogen-bond acceptors (Lipinski definition) is 4. The summed E-state index contributed by atoms with van der Waals surface area (Å²) in [5, 5.41) is 0. The van der Waals surface area contributed by atoms with Crippen LogP contribution in [0, 0.1) is 0 Å². The van der Waals surface area contributed by atoms with E-state index in [4.69, 9.17) is 10.2 Å². The smallest absolute Gasteiger partial charge is 0.205 e. The molecule has 0 spiro atoms. The van der Waals surface area contributed by atoms with E-state index in [0.717, 1.165) is 33.3 Å². The Balaban J connectivity index is 1.74. The maximum Gasteiger partial charge on any atom is 0.205 e. The number of anilines is 1. The number of thioether (sulfide) groups is 1. The number of nitrogens with two attached hydrogens (primary N) is 1. The molecule has 0 fully saturated rings. The molecular weight excluding hydrogens is 244 g/mol. The van der Waals surface area contributed by atoms with Crippen molar-refractivity contribution in [3.05, 3.63) is 54.4 Å². The lowest BCUT2D eigenvalue weighted by Crippen LogP contribution is -1.83. The molecule has 90 valence electrons. The van der Waals surface area contributed by atoms with E-state index in [1.165, 1.54) is 0 Å². The predicted molar refractivity (Wildman–Crippen MR) is 74.4 cm³/mol. The molecule has 4 heteroatoms. The highest BCUT2D eigenvalue weighted by Gasteiger charge is 2.05. The van der Waals surface area contributed by atoms with E-state index in [9.17, 15) is 0 Å². The van der Waals surface area contributed by atoms with E-state index < -0.39 is 0 Å². The quantitative estimate of drug-likeness (QED) is 0.573. The highest BCUT2D eigenvalue weighted by Crippen LogP contribution is 2.25. The van der Waals surface area contributed by atoms with Crippen LogP contribution in [0.15, 0.2) is 57.8 Å². The largest absolute Gasteiger partial charge is 0.440 e. The lowest BCUT2D eigenvalue weighted by Gasteiger charge is -1.98. The lowest BCUT2D eigenvalue weighted by molar-refractivity contribution is 0.556. The molecule has 0 aliphatic heterocycles. The van der Waals surface area contributed by atoms with Crippen molar-refractivity contribution >= 4 is 28.5 Å². The molecule has 1 heterocycles. The van der Waals surface area contributed by atoms with E-state index in [-0.39, 0.29) is 0 Å². The molecule has 2 N–H and O–H groups in total. The molecule has 0 amide bonds. The monoisotopic (exact) mass is 256 g/mol. The third kappa shape index (κ3) is 2.33. The molecule has 0 radical (unpaired) electrons. The number of oxazole rings is 1. The zero-order valence-electron chi connectivity index (χ0n) is 9.67. The normalized spacial score (nSPS) is 10.9. The predicted octanol–water partition coefficient (Wildman–Crippen LogP) is 3.70. The summed E-state index contributed by atoms with van der Waals surface area (Å²) in [6.45, 7) is 0. The molecule has 0 unspecified atom stereocenters. The molecule has 3 rings (SSSR count). The van der Waals surface area contributed by atoms with Crippen LogP contribution in [-0.4, -0.2) is 4.98 Å². The summed E-state index contributed by atoms with van der Waals surface area (Å²) < 4.78 is 5.66. The van der Waals surface area contributed by atoms with E-state index in [1.54, 1.807) is 11.8 Å². The van der Waals surface area contributed by atoms with E-state index in [1.807, 2.05) is 48.5 Å². The molecule has 0 atom stereocenters. The van der Waals surface area contributed by atoms with Crippen LogP contribution in [-0.2, 0) is 5.75 Å². The van der Waals surface area contributed by atoms with Gasteiger partial charge in [0.05, 0.1) is 5.75 Å². The van der Waals surface area contributed by atoms with Crippen LogP contribution >= 0.6 is 11.8 Å². The fraction of sp³-hybridized carbons (Fsp3) is 0.0714. The fourth-order valence-corrected chi connectivity index (χ4v) is 2.43. The molecule has 0 aliphatic carbocycles. The Morgan fingerprint density at radius 2 is 1.83 bits per heavy atom. The Bertz CT molecular complexity index is 628. The van der Waals surface area contributed by atoms with Crippen molar-refractivity contribution in [2.24, 2.45) is 0 Å². The van der Waals surface area contributed by atoms with Gasteiger partial charge in [0.15, 0.2) is 5.58 Å². The van der Waals surface area contributed by atoms with Gasteiger partial charge < -0.3 is 10.2 Å². The maximum absolute atomic E-state index is 5.66. The third-order valence-corrected chi connectivity index (χ3v) is 3.58. The first kappa shape index (κ1) is 11.2. The minimum Gasteiger partial charge on any atom is -0.440 e. The molecule has 0 saturated carbocycles. The summed E-state index contributed by atoms with van der Waals surface area (Å²) >= 11 is 1.69. The topological polar surface area (TPSA) is 52.0 Å². The minimum absolute atomic E-state index is 0.721. The van der Waals surface area contributed by atoms with Crippen molar-refractivity contribution in [3.8, 4) is 0 Å². The highest BCUT2D eigenvalue weighted by atomic mass is 32.2. The van der Waals surface area contributed by atoms with Gasteiger partial charge in [-0.15, -0.1) is 11.8 Å². The summed E-state index contributed by atoms with van der Waals surface area (Å²) in [5.74, 6) is 1.47. The zero-order chi connectivity index (χ0) is 12.4. The fourth-order valence-electron chi connectivity index (χ4n) is 1.69. The van der Waals surface area contributed by atoms with E-state index in [2.05, 4.69) is 4.98 Å². The second-order valence-corrected chi connectivity index (χ2v) is 4.98. The number of aromatic nitrogens is 1. The Morgan fingerprint density at radius 1 is 1.06 bits per heavy atom. The summed E-state index contributed by atoms with van der Waals surface area (Å²) in [7, 11) is 0. The van der Waals surface area contributed by atoms with Gasteiger partial charge in [0.2, 0.25) is 5.89 Å². The Morgan fingerprint density at radius 3 is 2.61 bits per heavy atom. The highest BCUT2D eigenvalue weighted by molar-refractivity contribution is 7.98. The summed E-state index contributed by atoms with van der Waals surface area (Å²) in [6.07, 6.45) is 0. The second kappa shape index (κ2) is 4.74. The lowest BCUT2D eigenvalue weighted by atomic mass is 10.3. The first-order valence-corrected chi connectivity index (χ1v) is 6.62. The number of para-hydroxylation sites is 2. The average Bonchev–Trinajstić information content (AvgIpc) is 2.81. The molecule has 1 aromatic heterocycles. The number of hydrogen-bond donors (Lipinski definition) is 1. The Labute approximate surface area is 109 Å². The van der Waals surface area contributed by atoms with Crippen molar-refractivity contribution in [1.29, 1.82) is 0 Å². The van der Waals surface area contributed by atoms with Gasteiger partial charge in [0.25, 0.3) is 0 Å². The van der Waals surface area contributed by atoms with E-state index >= 15 is 0 Å². The first-order valence-electron chi connectivity index (χ1n) is 5.64. The molecule has 2 aromatic carbocycles. The van der Waals surface area contributed by atoms with Gasteiger partial charge in [0.1, 0.15) is 5.52 Å². The number of benzene rings is 2. The number of fused-ring (bicyclic) bond motifs is 1. The van der Waals surface area contributed by atoms with Crippen molar-refractivity contribution in [3.63, 3.8) is 0 Å². The van der Waals surface area contributed by atoms with Gasteiger partial charge in [-0.2, -0.15) is 0 Å². The van der Waals surface area contributed by atoms with Crippen LogP contribution < -0.4 is 5.73 Å². The van der Waals surface area contributed by atoms with Crippen LogP contribution in [0.3, 0.4) is 0 Å². The molecule has 0 saturated heterocycles. The van der Waals surface area contributed by atoms with Crippen molar-refractivity contribution in [2.45, 2.75) is 10.6 Å². The molecule has 3 aromatic rings. The minimum atomic E-state index is 0.721. The third-order valence-electron chi connectivity index (χ3n) is 2.58. The van der Waals surface area contributed by atoms with Gasteiger partial charge in [-0.05, 0) is 36.4 Å². The van der Waals surface area contributed by atoms with Crippen LogP contribution in [0.2, 0.25) is 0 Å². The SMILES string of the molecule is Nc1ccc(SCc2nc3ccccc3o2)cc1. The molecule has 0 bridgehead atoms. The van der Waals surface area contributed by atoms with Gasteiger partial charge in [-0.1, -0.05) is 12.1 Å². The van der Waals surface area contributed by atoms with Crippen LogP contribution in [0.25, 0.3) is 11.1 Å². The molecule has 0 aliphatic rings. The van der Waals surface area contributed by atoms with Gasteiger partial charge in [0, 0.05) is 10.6 Å². The van der Waals surface area contributed by atoms with Gasteiger partial charge >= 0.3 is 0 Å². The van der Waals surface area contributed by atoms with E-state index in [0.29, 0.717) is 0 Å². The van der Waals surface area contributed by atoms with Crippen LogP contribution in [0.1, 0.15) is 5.89 Å². The van der Waals surface area contributed by atoms with Crippen molar-refractivity contribution < 1.29 is 4.42 Å². The zero-order valence-corrected chi connectivity index (χ0v) is 10.5. The molecular formula is C14H12N2OS. The van der Waals surface area contributed by atoms with Crippen LogP contribution in [0.5, 0.6) is 0 Å². The van der Waals surface area contributed by atoms with Gasteiger partial charge in [-0.25, -0.2) is 4.98 Å². The van der Waals surface area contributed by atoms with Gasteiger partial charge in [-0.3, -0.25) is 0 Å². The summed E-state index contributed by atoms with van der Waals surface area (Å²) in [6, 6.07) is 15.6. The van der Waals surface area contributed by atoms with Crippen molar-refractivity contribution in [2.75, 3.05) is 5.73 Å². The Kier molecular flexibility index (Phi) is 2.94. The maximum atomic E-state index is 5.66. The summed E-state index contributed by atoms with van der Waals surface area (Å²) in [5.41, 5.74) is 8.17. The number of nitrogen functional groups attached to an aromatic ring is 1. The molecule has 18 heavy (non-hydrogen) atoms. The van der Waals surface area contributed by atoms with Crippen molar-refractivity contribution in [1.82, 2.24) is 4.98 Å². The standard InChI is InChI=1S/C14H12N2OS/c15-10-5-7-11(8-6-10)18-9-14-16-12-3-1-2-4-13(12)17-14/h1-8H,9,15H2. The van der Waals surface area contributed by atoms with Crippen LogP contribution in [0.4, 0.5) is 5.69 Å². The Hall–Kier alpha value is -1.94. The summed E-state index contributed by atoms with van der Waals surface area (Å²) in [4.78, 5) is 5.59. The molecule has 3 nitrogen and oxygen atoms in total.